The average molecular weight is 489 g/mol. The largest absolute Gasteiger partial charge is 0.493 e. The first-order chi connectivity index (χ1) is 16.3. The highest BCUT2D eigenvalue weighted by atomic mass is 35.5. The molecule has 11 heteroatoms. The van der Waals surface area contributed by atoms with Crippen molar-refractivity contribution in [3.63, 3.8) is 0 Å². The number of pyridine rings is 1. The molecule has 0 saturated heterocycles. The van der Waals surface area contributed by atoms with Gasteiger partial charge in [0.2, 0.25) is 0 Å². The SMILES string of the molecule is COc1cc(OC)c(F)c(N2Cc3cnc4[nH]ccc4c3N(c3ccc(Cl)cc3F)C2=O)c1F. The number of nitrogens with one attached hydrogen (secondary N) is 1. The molecule has 0 spiro atoms. The lowest BCUT2D eigenvalue weighted by Gasteiger charge is -2.37. The third-order valence-electron chi connectivity index (χ3n) is 5.58. The molecule has 3 heterocycles. The summed E-state index contributed by atoms with van der Waals surface area (Å²) in [5, 5.41) is 0.656. The molecule has 5 rings (SSSR count). The number of methoxy groups -OCH3 is 2. The Kier molecular flexibility index (Phi) is 5.24. The fourth-order valence-corrected chi connectivity index (χ4v) is 4.20. The Balaban J connectivity index is 1.79. The Bertz CT molecular complexity index is 1430. The first-order valence-electron chi connectivity index (χ1n) is 9.97. The molecule has 0 atom stereocenters. The minimum Gasteiger partial charge on any atom is -0.493 e. The van der Waals surface area contributed by atoms with Crippen LogP contribution in [-0.4, -0.2) is 30.2 Å². The summed E-state index contributed by atoms with van der Waals surface area (Å²) in [5.41, 5.74) is 0.385. The molecule has 2 amide bonds. The molecule has 2 aromatic carbocycles. The molecule has 1 N–H and O–H groups in total. The third-order valence-corrected chi connectivity index (χ3v) is 5.81. The highest BCUT2D eigenvalue weighted by Gasteiger charge is 2.39. The Morgan fingerprint density at radius 2 is 1.74 bits per heavy atom. The standard InChI is InChI=1S/C23H16ClF3N4O3/c1-33-16-8-17(34-2)19(27)21(18(16)26)30-10-11-9-29-22-13(5-6-28-22)20(11)31(23(30)32)15-4-3-12(24)7-14(15)25/h3-9H,10H2,1-2H3,(H,28,29). The third kappa shape index (κ3) is 3.21. The average Bonchev–Trinajstić information content (AvgIpc) is 3.29. The zero-order valence-corrected chi connectivity index (χ0v) is 18.6. The second kappa shape index (κ2) is 8.14. The second-order valence-corrected chi connectivity index (χ2v) is 7.87. The van der Waals surface area contributed by atoms with Crippen molar-refractivity contribution in [1.82, 2.24) is 9.97 Å². The maximum absolute atomic E-state index is 15.3. The van der Waals surface area contributed by atoms with Gasteiger partial charge in [0.15, 0.2) is 23.1 Å². The van der Waals surface area contributed by atoms with Gasteiger partial charge in [0.1, 0.15) is 17.2 Å². The van der Waals surface area contributed by atoms with Crippen LogP contribution in [0.1, 0.15) is 5.56 Å². The van der Waals surface area contributed by atoms with Gasteiger partial charge in [-0.25, -0.2) is 22.9 Å². The van der Waals surface area contributed by atoms with Crippen LogP contribution in [0.3, 0.4) is 0 Å². The molecule has 174 valence electrons. The number of benzene rings is 2. The quantitative estimate of drug-likeness (QED) is 0.386. The maximum Gasteiger partial charge on any atom is 0.334 e. The van der Waals surface area contributed by atoms with Crippen LogP contribution < -0.4 is 19.3 Å². The number of hydrogen-bond donors (Lipinski definition) is 1. The molecule has 2 aromatic heterocycles. The summed E-state index contributed by atoms with van der Waals surface area (Å²) in [7, 11) is 2.41. The Morgan fingerprint density at radius 1 is 1.03 bits per heavy atom. The number of aromatic nitrogens is 2. The molecule has 0 aliphatic carbocycles. The van der Waals surface area contributed by atoms with E-state index in [0.717, 1.165) is 21.9 Å². The van der Waals surface area contributed by atoms with E-state index in [1.807, 2.05) is 0 Å². The number of aromatic amines is 1. The molecule has 0 radical (unpaired) electrons. The molecule has 0 fully saturated rings. The zero-order valence-electron chi connectivity index (χ0n) is 17.8. The van der Waals surface area contributed by atoms with Crippen LogP contribution in [0.2, 0.25) is 5.02 Å². The van der Waals surface area contributed by atoms with Gasteiger partial charge in [-0.15, -0.1) is 0 Å². The lowest BCUT2D eigenvalue weighted by atomic mass is 10.1. The minimum absolute atomic E-state index is 0.124. The van der Waals surface area contributed by atoms with Crippen molar-refractivity contribution in [3.05, 3.63) is 70.8 Å². The zero-order chi connectivity index (χ0) is 24.1. The van der Waals surface area contributed by atoms with Gasteiger partial charge in [0, 0.05) is 34.4 Å². The van der Waals surface area contributed by atoms with Crippen LogP contribution >= 0.6 is 11.6 Å². The van der Waals surface area contributed by atoms with Gasteiger partial charge in [0.25, 0.3) is 0 Å². The van der Waals surface area contributed by atoms with E-state index in [1.165, 1.54) is 32.5 Å². The smallest absolute Gasteiger partial charge is 0.334 e. The number of fused-ring (bicyclic) bond motifs is 3. The lowest BCUT2D eigenvalue weighted by Crippen LogP contribution is -2.46. The normalized spacial score (nSPS) is 13.4. The van der Waals surface area contributed by atoms with E-state index >= 15 is 13.2 Å². The number of urea groups is 1. The number of amides is 2. The van der Waals surface area contributed by atoms with Crippen LogP contribution in [0.25, 0.3) is 11.0 Å². The first kappa shape index (κ1) is 21.9. The summed E-state index contributed by atoms with van der Waals surface area (Å²) < 4.78 is 55.7. The predicted octanol–water partition coefficient (Wildman–Crippen LogP) is 5.93. The van der Waals surface area contributed by atoms with E-state index in [2.05, 4.69) is 9.97 Å². The molecular formula is C23H16ClF3N4O3. The van der Waals surface area contributed by atoms with Crippen LogP contribution in [0, 0.1) is 17.5 Å². The minimum atomic E-state index is -1.11. The van der Waals surface area contributed by atoms with Crippen LogP contribution in [0.5, 0.6) is 11.5 Å². The van der Waals surface area contributed by atoms with Crippen LogP contribution in [0.4, 0.5) is 35.0 Å². The van der Waals surface area contributed by atoms with Crippen molar-refractivity contribution >= 4 is 45.7 Å². The number of H-pyrrole nitrogens is 1. The Morgan fingerprint density at radius 3 is 2.38 bits per heavy atom. The van der Waals surface area contributed by atoms with E-state index in [9.17, 15) is 4.79 Å². The summed E-state index contributed by atoms with van der Waals surface area (Å²) in [4.78, 5) is 23.0. The van der Waals surface area contributed by atoms with E-state index < -0.39 is 29.2 Å². The number of nitrogens with zero attached hydrogens (tertiary/aromatic N) is 3. The van der Waals surface area contributed by atoms with Crippen molar-refractivity contribution in [3.8, 4) is 11.5 Å². The summed E-state index contributed by atoms with van der Waals surface area (Å²) in [6, 6.07) is 5.61. The molecule has 1 aliphatic rings. The van der Waals surface area contributed by atoms with Gasteiger partial charge in [0.05, 0.1) is 32.1 Å². The van der Waals surface area contributed by atoms with Crippen molar-refractivity contribution in [2.75, 3.05) is 24.0 Å². The number of rotatable bonds is 4. The predicted molar refractivity (Wildman–Crippen MR) is 121 cm³/mol. The highest BCUT2D eigenvalue weighted by molar-refractivity contribution is 6.30. The van der Waals surface area contributed by atoms with Gasteiger partial charge >= 0.3 is 6.03 Å². The first-order valence-corrected chi connectivity index (χ1v) is 10.3. The van der Waals surface area contributed by atoms with Gasteiger partial charge in [-0.05, 0) is 24.3 Å². The summed E-state index contributed by atoms with van der Waals surface area (Å²) in [6.45, 7) is -0.238. The lowest BCUT2D eigenvalue weighted by molar-refractivity contribution is 0.251. The number of carbonyl (C=O) groups excluding carboxylic acids is 1. The Hall–Kier alpha value is -3.92. The van der Waals surface area contributed by atoms with Crippen molar-refractivity contribution in [2.24, 2.45) is 0 Å². The number of carbonyl (C=O) groups is 1. The van der Waals surface area contributed by atoms with Crippen molar-refractivity contribution < 1.29 is 27.4 Å². The molecule has 7 nitrogen and oxygen atoms in total. The van der Waals surface area contributed by atoms with E-state index in [0.29, 0.717) is 22.3 Å². The van der Waals surface area contributed by atoms with Crippen molar-refractivity contribution in [1.29, 1.82) is 0 Å². The van der Waals surface area contributed by atoms with Crippen LogP contribution in [-0.2, 0) is 6.54 Å². The van der Waals surface area contributed by atoms with Gasteiger partial charge in [-0.2, -0.15) is 0 Å². The monoisotopic (exact) mass is 488 g/mol. The topological polar surface area (TPSA) is 70.7 Å². The Labute approximate surface area is 196 Å². The molecule has 0 bridgehead atoms. The molecule has 4 aromatic rings. The number of ether oxygens (including phenoxy) is 2. The van der Waals surface area contributed by atoms with Gasteiger partial charge in [-0.3, -0.25) is 9.80 Å². The summed E-state index contributed by atoms with van der Waals surface area (Å²) in [6.07, 6.45) is 3.08. The second-order valence-electron chi connectivity index (χ2n) is 7.43. The molecule has 0 saturated carbocycles. The molecule has 1 aliphatic heterocycles. The molecule has 34 heavy (non-hydrogen) atoms. The van der Waals surface area contributed by atoms with E-state index in [1.54, 1.807) is 12.3 Å². The summed E-state index contributed by atoms with van der Waals surface area (Å²) in [5.74, 6) is -3.65. The highest BCUT2D eigenvalue weighted by Crippen LogP contribution is 2.45. The van der Waals surface area contributed by atoms with E-state index in [4.69, 9.17) is 21.1 Å². The van der Waals surface area contributed by atoms with Crippen molar-refractivity contribution in [2.45, 2.75) is 6.54 Å². The summed E-state index contributed by atoms with van der Waals surface area (Å²) >= 11 is 5.91. The van der Waals surface area contributed by atoms with Gasteiger partial charge in [-0.1, -0.05) is 11.6 Å². The number of hydrogen-bond acceptors (Lipinski definition) is 4. The number of halogens is 4. The van der Waals surface area contributed by atoms with Gasteiger partial charge < -0.3 is 14.5 Å². The fourth-order valence-electron chi connectivity index (χ4n) is 4.04. The van der Waals surface area contributed by atoms with Crippen LogP contribution in [0.15, 0.2) is 42.7 Å². The molecule has 0 unspecified atom stereocenters. The fraction of sp³-hybridized carbons (Fsp3) is 0.130. The number of anilines is 3. The molecular weight excluding hydrogens is 473 g/mol. The van der Waals surface area contributed by atoms with E-state index in [-0.39, 0.29) is 28.8 Å². The maximum atomic E-state index is 15.3.